The average molecular weight is 949 g/mol. The van der Waals surface area contributed by atoms with Gasteiger partial charge >= 0.3 is 0 Å². The number of unbranched alkanes of at least 4 members (excludes halogenated alkanes) is 10. The van der Waals surface area contributed by atoms with Gasteiger partial charge in [-0.05, 0) is 86.6 Å². The van der Waals surface area contributed by atoms with Crippen molar-refractivity contribution < 1.29 is 53.0 Å². The fourth-order valence-corrected chi connectivity index (χ4v) is 10.9. The number of ether oxygens (including phenoxy) is 5. The smallest absolute Gasteiger partial charge is 0.239 e. The SMILES string of the molecule is C=CCOC12Oc3ccc(OCc4ccccc4F)cc3C3C(CCCCO)C(CCCCO)C=C(C(=NOC4CCCCO4)CC1N(CCOCCO)C(=O)CCCCCCCCCCC)C32. The molecule has 2 aromatic rings. The van der Waals surface area contributed by atoms with Crippen molar-refractivity contribution in [3.63, 3.8) is 0 Å². The van der Waals surface area contributed by atoms with Crippen LogP contribution in [-0.2, 0) is 30.4 Å². The highest BCUT2D eigenvalue weighted by atomic mass is 19.1. The van der Waals surface area contributed by atoms with Crippen LogP contribution >= 0.6 is 0 Å². The van der Waals surface area contributed by atoms with Gasteiger partial charge in [0.15, 0.2) is 0 Å². The van der Waals surface area contributed by atoms with E-state index in [4.69, 9.17) is 33.7 Å². The number of hydrogen-bond donors (Lipinski definition) is 3. The van der Waals surface area contributed by atoms with Crippen LogP contribution < -0.4 is 9.47 Å². The molecule has 4 aliphatic rings. The third kappa shape index (κ3) is 14.4. The maximum absolute atomic E-state index is 15.0. The van der Waals surface area contributed by atoms with Gasteiger partial charge in [0.05, 0.1) is 44.7 Å². The Morgan fingerprint density at radius 2 is 1.69 bits per heavy atom. The molecule has 12 nitrogen and oxygen atoms in total. The monoisotopic (exact) mass is 949 g/mol. The molecule has 7 unspecified atom stereocenters. The van der Waals surface area contributed by atoms with Crippen molar-refractivity contribution in [2.24, 2.45) is 22.9 Å². The maximum Gasteiger partial charge on any atom is 0.239 e. The van der Waals surface area contributed by atoms with Gasteiger partial charge in [0.25, 0.3) is 0 Å². The maximum atomic E-state index is 15.0. The number of carbonyl (C=O) groups excluding carboxylic acids is 1. The van der Waals surface area contributed by atoms with E-state index in [2.05, 4.69) is 19.6 Å². The highest BCUT2D eigenvalue weighted by Crippen LogP contribution is 2.62. The van der Waals surface area contributed by atoms with Gasteiger partial charge in [-0.2, -0.15) is 0 Å². The van der Waals surface area contributed by atoms with Crippen LogP contribution in [0.2, 0.25) is 0 Å². The van der Waals surface area contributed by atoms with Gasteiger partial charge in [0.2, 0.25) is 18.0 Å². The number of hydrogen-bond acceptors (Lipinski definition) is 11. The minimum Gasteiger partial charge on any atom is -0.489 e. The highest BCUT2D eigenvalue weighted by Gasteiger charge is 2.65. The summed E-state index contributed by atoms with van der Waals surface area (Å²) in [6, 6.07) is 11.7. The van der Waals surface area contributed by atoms with Crippen LogP contribution in [0.25, 0.3) is 0 Å². The molecule has 2 aliphatic heterocycles. The first-order chi connectivity index (χ1) is 33.4. The summed E-state index contributed by atoms with van der Waals surface area (Å²) in [5, 5.41) is 34.7. The Labute approximate surface area is 405 Å². The van der Waals surface area contributed by atoms with Crippen LogP contribution in [0.5, 0.6) is 11.5 Å². The van der Waals surface area contributed by atoms with E-state index in [1.165, 1.54) is 38.2 Å². The molecule has 7 atom stereocenters. The van der Waals surface area contributed by atoms with Crippen LogP contribution in [0.1, 0.15) is 152 Å². The van der Waals surface area contributed by atoms with Crippen molar-refractivity contribution in [3.05, 3.63) is 83.7 Å². The molecule has 68 heavy (non-hydrogen) atoms. The first-order valence-electron chi connectivity index (χ1n) is 26.1. The number of rotatable bonds is 32. The summed E-state index contributed by atoms with van der Waals surface area (Å²) in [6.45, 7) is 7.67. The topological polar surface area (TPSA) is 149 Å². The quantitative estimate of drug-likeness (QED) is 0.0368. The number of halogens is 1. The molecule has 0 radical (unpaired) electrons. The van der Waals surface area contributed by atoms with E-state index < -0.39 is 24.0 Å². The Morgan fingerprint density at radius 1 is 0.926 bits per heavy atom. The fraction of sp³-hybridized carbons (Fsp3) is 0.673. The highest BCUT2D eigenvalue weighted by molar-refractivity contribution is 6.03. The lowest BCUT2D eigenvalue weighted by Gasteiger charge is -2.60. The summed E-state index contributed by atoms with van der Waals surface area (Å²) in [5.74, 6) is -1.31. The molecule has 0 bridgehead atoms. The van der Waals surface area contributed by atoms with Crippen molar-refractivity contribution in [1.29, 1.82) is 0 Å². The number of fused-ring (bicyclic) bond motifs is 2. The summed E-state index contributed by atoms with van der Waals surface area (Å²) in [7, 11) is 0. The molecule has 2 fully saturated rings. The minimum absolute atomic E-state index is 0.0202. The number of aliphatic hydroxyl groups excluding tert-OH is 3. The fourth-order valence-electron chi connectivity index (χ4n) is 10.9. The second-order valence-corrected chi connectivity index (χ2v) is 19.1. The number of oxime groups is 1. The van der Waals surface area contributed by atoms with E-state index >= 15 is 0 Å². The zero-order valence-corrected chi connectivity index (χ0v) is 40.8. The van der Waals surface area contributed by atoms with Gasteiger partial charge < -0.3 is 48.7 Å². The molecule has 1 saturated heterocycles. The molecular weight excluding hydrogens is 868 g/mol. The first kappa shape index (κ1) is 53.5. The Kier molecular flexibility index (Phi) is 22.6. The van der Waals surface area contributed by atoms with Crippen molar-refractivity contribution in [3.8, 4) is 11.5 Å². The predicted molar refractivity (Wildman–Crippen MR) is 262 cm³/mol. The number of benzene rings is 2. The van der Waals surface area contributed by atoms with Gasteiger partial charge in [0.1, 0.15) is 30.0 Å². The zero-order chi connectivity index (χ0) is 48.0. The molecule has 2 aliphatic carbocycles. The standard InChI is InChI=1S/C55H81FN2O10/c1-3-5-6-7-8-9-10-11-12-25-51(62)58(29-35-63-36-32-61)50-39-48(57-68-52-26-17-20-34-64-52)45-37-41(21-15-18-30-59)44(23-16-19-31-60)53-46-38-43(65-40-42-22-13-14-24-47(42)56)27-28-49(46)67-55(50,54(45)53)66-33-4-2/h4,13-14,22,24,27-28,37-38,41,44,50,52-54,59-61H,2-3,5-12,15-21,23,25-26,29-36,39-40H2,1H3. The number of allylic oxidation sites excluding steroid dienone is 1. The van der Waals surface area contributed by atoms with E-state index in [1.807, 2.05) is 23.1 Å². The third-order valence-electron chi connectivity index (χ3n) is 14.3. The van der Waals surface area contributed by atoms with Crippen LogP contribution in [0.4, 0.5) is 4.39 Å². The van der Waals surface area contributed by atoms with Gasteiger partial charge in [-0.15, -0.1) is 6.58 Å². The van der Waals surface area contributed by atoms with E-state index in [9.17, 15) is 24.5 Å². The molecule has 0 aromatic heterocycles. The molecule has 6 rings (SSSR count). The Morgan fingerprint density at radius 3 is 2.41 bits per heavy atom. The van der Waals surface area contributed by atoms with Gasteiger partial charge in [-0.25, -0.2) is 4.39 Å². The van der Waals surface area contributed by atoms with Crippen LogP contribution in [-0.4, -0.2) is 103 Å². The zero-order valence-electron chi connectivity index (χ0n) is 40.8. The van der Waals surface area contributed by atoms with Gasteiger partial charge in [-0.1, -0.05) is 107 Å². The van der Waals surface area contributed by atoms with Crippen molar-refractivity contribution in [1.82, 2.24) is 4.90 Å². The van der Waals surface area contributed by atoms with Crippen molar-refractivity contribution in [2.75, 3.05) is 52.8 Å². The second kappa shape index (κ2) is 28.7. The largest absolute Gasteiger partial charge is 0.489 e. The minimum atomic E-state index is -1.43. The van der Waals surface area contributed by atoms with Crippen LogP contribution in [0, 0.1) is 23.6 Å². The second-order valence-electron chi connectivity index (χ2n) is 19.1. The molecule has 2 aromatic carbocycles. The Balaban J connectivity index is 1.47. The Hall–Kier alpha value is -3.85. The molecule has 378 valence electrons. The molecular formula is C55H81FN2O10. The van der Waals surface area contributed by atoms with Crippen molar-refractivity contribution >= 4 is 11.6 Å². The molecule has 3 N–H and O–H groups in total. The number of aliphatic hydroxyl groups is 3. The van der Waals surface area contributed by atoms with E-state index in [0.717, 1.165) is 75.3 Å². The molecule has 1 saturated carbocycles. The van der Waals surface area contributed by atoms with Crippen molar-refractivity contribution in [2.45, 2.75) is 166 Å². The lowest BCUT2D eigenvalue weighted by atomic mass is 9.55. The summed E-state index contributed by atoms with van der Waals surface area (Å²) >= 11 is 0. The molecule has 2 heterocycles. The van der Waals surface area contributed by atoms with Crippen LogP contribution in [0.3, 0.4) is 0 Å². The number of carbonyl (C=O) groups is 1. The first-order valence-corrected chi connectivity index (χ1v) is 26.1. The summed E-state index contributed by atoms with van der Waals surface area (Å²) < 4.78 is 47.7. The van der Waals surface area contributed by atoms with Crippen LogP contribution in [0.15, 0.2) is 71.9 Å². The Bertz CT molecular complexity index is 1890. The molecule has 13 heteroatoms. The normalized spacial score (nSPS) is 24.7. The van der Waals surface area contributed by atoms with E-state index in [0.29, 0.717) is 55.1 Å². The third-order valence-corrected chi connectivity index (χ3v) is 14.3. The summed E-state index contributed by atoms with van der Waals surface area (Å²) in [4.78, 5) is 23.2. The summed E-state index contributed by atoms with van der Waals surface area (Å²) in [5.41, 5.74) is 3.00. The number of amides is 1. The lowest BCUT2D eigenvalue weighted by Crippen LogP contribution is -2.70. The molecule has 1 amide bonds. The number of nitrogens with zero attached hydrogens (tertiary/aromatic N) is 2. The lowest BCUT2D eigenvalue weighted by molar-refractivity contribution is -0.258. The van der Waals surface area contributed by atoms with E-state index in [1.54, 1.807) is 24.3 Å². The van der Waals surface area contributed by atoms with Gasteiger partial charge in [0, 0.05) is 56.1 Å². The van der Waals surface area contributed by atoms with E-state index in [-0.39, 0.29) is 88.7 Å². The van der Waals surface area contributed by atoms with Gasteiger partial charge in [-0.3, -0.25) is 4.79 Å². The molecule has 0 spiro atoms. The average Bonchev–Trinajstić information content (AvgIpc) is 3.36. The summed E-state index contributed by atoms with van der Waals surface area (Å²) in [6.07, 6.45) is 21.4. The predicted octanol–water partition coefficient (Wildman–Crippen LogP) is 10.3.